The quantitative estimate of drug-likeness (QED) is 0.379. The summed E-state index contributed by atoms with van der Waals surface area (Å²) in [6.45, 7) is 9.88. The fourth-order valence-electron chi connectivity index (χ4n) is 3.69. The number of benzene rings is 2. The maximum Gasteiger partial charge on any atom is 0.416 e. The average Bonchev–Trinajstić information content (AvgIpc) is 3.25. The molecule has 1 aromatic heterocycles. The van der Waals surface area contributed by atoms with Crippen LogP contribution in [0.4, 0.5) is 19.0 Å². The average molecular weight is 515 g/mol. The number of hydrogen-bond acceptors (Lipinski definition) is 3. The third-order valence-corrected chi connectivity index (χ3v) is 5.86. The Labute approximate surface area is 215 Å². The van der Waals surface area contributed by atoms with Gasteiger partial charge in [-0.3, -0.25) is 9.59 Å². The summed E-state index contributed by atoms with van der Waals surface area (Å²) in [7, 11) is 0. The zero-order valence-corrected chi connectivity index (χ0v) is 21.8. The molecule has 0 spiro atoms. The highest BCUT2D eigenvalue weighted by molar-refractivity contribution is 5.99. The second kappa shape index (κ2) is 11.2. The van der Waals surface area contributed by atoms with Crippen LogP contribution < -0.4 is 5.32 Å². The SMILES string of the molecule is CCCCN(CC(=O)Nc1cc(C(C)(C)C)nn1-c1ccc(C)cc1)C(=O)c1cccc(C(F)(F)F)c1. The molecule has 2 aromatic carbocycles. The number of carbonyl (C=O) groups excluding carboxylic acids is 2. The lowest BCUT2D eigenvalue weighted by Gasteiger charge is -2.22. The summed E-state index contributed by atoms with van der Waals surface area (Å²) in [6, 6.07) is 13.7. The van der Waals surface area contributed by atoms with E-state index in [4.69, 9.17) is 5.10 Å². The molecule has 0 saturated carbocycles. The number of aromatic nitrogens is 2. The van der Waals surface area contributed by atoms with E-state index in [2.05, 4.69) is 5.32 Å². The molecule has 0 aliphatic heterocycles. The van der Waals surface area contributed by atoms with Gasteiger partial charge in [-0.2, -0.15) is 18.3 Å². The summed E-state index contributed by atoms with van der Waals surface area (Å²) in [6.07, 6.45) is -3.21. The zero-order chi connectivity index (χ0) is 27.4. The van der Waals surface area contributed by atoms with Crippen LogP contribution in [0.25, 0.3) is 5.69 Å². The van der Waals surface area contributed by atoms with Gasteiger partial charge in [0.15, 0.2) is 0 Å². The fourth-order valence-corrected chi connectivity index (χ4v) is 3.69. The van der Waals surface area contributed by atoms with Gasteiger partial charge in [-0.15, -0.1) is 0 Å². The van der Waals surface area contributed by atoms with Crippen molar-refractivity contribution in [1.29, 1.82) is 0 Å². The molecule has 0 radical (unpaired) electrons. The van der Waals surface area contributed by atoms with E-state index < -0.39 is 23.6 Å². The number of unbranched alkanes of at least 4 members (excludes halogenated alkanes) is 1. The Morgan fingerprint density at radius 1 is 1.03 bits per heavy atom. The molecule has 0 aliphatic carbocycles. The third kappa shape index (κ3) is 7.21. The number of carbonyl (C=O) groups is 2. The number of anilines is 1. The van der Waals surface area contributed by atoms with Crippen LogP contribution in [0.2, 0.25) is 0 Å². The Morgan fingerprint density at radius 2 is 1.70 bits per heavy atom. The molecule has 0 saturated heterocycles. The molecule has 0 atom stereocenters. The maximum absolute atomic E-state index is 13.2. The van der Waals surface area contributed by atoms with E-state index in [1.54, 1.807) is 10.7 Å². The topological polar surface area (TPSA) is 67.2 Å². The van der Waals surface area contributed by atoms with Gasteiger partial charge in [0.1, 0.15) is 12.4 Å². The van der Waals surface area contributed by atoms with Crippen molar-refractivity contribution in [3.05, 3.63) is 77.0 Å². The van der Waals surface area contributed by atoms with Crippen LogP contribution >= 0.6 is 0 Å². The molecule has 0 bridgehead atoms. The number of aryl methyl sites for hydroxylation is 1. The van der Waals surface area contributed by atoms with E-state index in [-0.39, 0.29) is 24.1 Å². The number of hydrogen-bond donors (Lipinski definition) is 1. The maximum atomic E-state index is 13.2. The van der Waals surface area contributed by atoms with Gasteiger partial charge in [0.2, 0.25) is 5.91 Å². The number of alkyl halides is 3. The zero-order valence-electron chi connectivity index (χ0n) is 21.8. The molecule has 2 amide bonds. The van der Waals surface area contributed by atoms with Crippen LogP contribution in [0.1, 0.15) is 67.7 Å². The van der Waals surface area contributed by atoms with Crippen molar-refractivity contribution in [2.45, 2.75) is 59.1 Å². The van der Waals surface area contributed by atoms with Crippen molar-refractivity contribution in [2.24, 2.45) is 0 Å². The first kappa shape index (κ1) is 28.0. The van der Waals surface area contributed by atoms with E-state index in [1.807, 2.05) is 58.9 Å². The second-order valence-corrected chi connectivity index (χ2v) is 10.1. The summed E-state index contributed by atoms with van der Waals surface area (Å²) in [5, 5.41) is 7.55. The van der Waals surface area contributed by atoms with Crippen LogP contribution in [-0.2, 0) is 16.4 Å². The Bertz CT molecular complexity index is 1240. The molecule has 0 aliphatic rings. The van der Waals surface area contributed by atoms with E-state index in [0.717, 1.165) is 35.5 Å². The lowest BCUT2D eigenvalue weighted by Crippen LogP contribution is -2.39. The lowest BCUT2D eigenvalue weighted by molar-refractivity contribution is -0.137. The van der Waals surface area contributed by atoms with Gasteiger partial charge in [-0.25, -0.2) is 4.68 Å². The number of nitrogens with one attached hydrogen (secondary N) is 1. The molecule has 3 aromatic rings. The van der Waals surface area contributed by atoms with Crippen molar-refractivity contribution in [2.75, 3.05) is 18.4 Å². The minimum absolute atomic E-state index is 0.113. The van der Waals surface area contributed by atoms with Crippen molar-refractivity contribution >= 4 is 17.6 Å². The highest BCUT2D eigenvalue weighted by Gasteiger charge is 2.31. The molecule has 1 heterocycles. The molecular weight excluding hydrogens is 481 g/mol. The largest absolute Gasteiger partial charge is 0.416 e. The molecular formula is C28H33F3N4O2. The second-order valence-electron chi connectivity index (χ2n) is 10.1. The Hall–Kier alpha value is -3.62. The summed E-state index contributed by atoms with van der Waals surface area (Å²) in [5.41, 5.74) is 1.32. The van der Waals surface area contributed by atoms with Crippen LogP contribution in [0, 0.1) is 6.92 Å². The number of nitrogens with zero attached hydrogens (tertiary/aromatic N) is 3. The van der Waals surface area contributed by atoms with Crippen molar-refractivity contribution in [3.63, 3.8) is 0 Å². The molecule has 1 N–H and O–H groups in total. The molecule has 37 heavy (non-hydrogen) atoms. The molecule has 9 heteroatoms. The Kier molecular flexibility index (Phi) is 8.46. The lowest BCUT2D eigenvalue weighted by atomic mass is 9.92. The summed E-state index contributed by atoms with van der Waals surface area (Å²) in [4.78, 5) is 27.5. The van der Waals surface area contributed by atoms with Gasteiger partial charge in [-0.05, 0) is 43.7 Å². The normalized spacial score (nSPS) is 11.9. The van der Waals surface area contributed by atoms with E-state index >= 15 is 0 Å². The van der Waals surface area contributed by atoms with Crippen molar-refractivity contribution in [1.82, 2.24) is 14.7 Å². The monoisotopic (exact) mass is 514 g/mol. The fraction of sp³-hybridized carbons (Fsp3) is 0.393. The van der Waals surface area contributed by atoms with E-state index in [9.17, 15) is 22.8 Å². The van der Waals surface area contributed by atoms with Crippen LogP contribution in [0.15, 0.2) is 54.6 Å². The van der Waals surface area contributed by atoms with Crippen LogP contribution in [0.5, 0.6) is 0 Å². The first-order valence-electron chi connectivity index (χ1n) is 12.2. The molecule has 3 rings (SSSR count). The molecule has 0 fully saturated rings. The standard InChI is InChI=1S/C28H33F3N4O2/c1-6-7-15-34(26(37)20-9-8-10-21(16-20)28(29,30)31)18-25(36)32-24-17-23(27(3,4)5)33-35(24)22-13-11-19(2)12-14-22/h8-14,16-17H,6-7,15,18H2,1-5H3,(H,32,36). The van der Waals surface area contributed by atoms with Gasteiger partial charge < -0.3 is 10.2 Å². The van der Waals surface area contributed by atoms with E-state index in [1.165, 1.54) is 17.0 Å². The summed E-state index contributed by atoms with van der Waals surface area (Å²) in [5.74, 6) is -0.650. The van der Waals surface area contributed by atoms with E-state index in [0.29, 0.717) is 12.2 Å². The van der Waals surface area contributed by atoms with Gasteiger partial charge in [-0.1, -0.05) is 57.9 Å². The highest BCUT2D eigenvalue weighted by atomic mass is 19.4. The number of amides is 2. The van der Waals surface area contributed by atoms with Crippen molar-refractivity contribution in [3.8, 4) is 5.69 Å². The van der Waals surface area contributed by atoms with Crippen molar-refractivity contribution < 1.29 is 22.8 Å². The molecule has 198 valence electrons. The van der Waals surface area contributed by atoms with Gasteiger partial charge >= 0.3 is 6.18 Å². The Morgan fingerprint density at radius 3 is 2.30 bits per heavy atom. The first-order chi connectivity index (χ1) is 17.3. The van der Waals surface area contributed by atoms with Crippen LogP contribution in [0.3, 0.4) is 0 Å². The summed E-state index contributed by atoms with van der Waals surface area (Å²) >= 11 is 0. The molecule has 0 unspecified atom stereocenters. The predicted molar refractivity (Wildman–Crippen MR) is 138 cm³/mol. The third-order valence-electron chi connectivity index (χ3n) is 5.86. The number of halogens is 3. The summed E-state index contributed by atoms with van der Waals surface area (Å²) < 4.78 is 41.2. The minimum Gasteiger partial charge on any atom is -0.329 e. The van der Waals surface area contributed by atoms with Gasteiger partial charge in [0.25, 0.3) is 5.91 Å². The van der Waals surface area contributed by atoms with Gasteiger partial charge in [0.05, 0.1) is 16.9 Å². The van der Waals surface area contributed by atoms with Crippen LogP contribution in [-0.4, -0.2) is 39.6 Å². The minimum atomic E-state index is -4.57. The van der Waals surface area contributed by atoms with Gasteiger partial charge in [0, 0.05) is 23.6 Å². The first-order valence-corrected chi connectivity index (χ1v) is 12.2. The molecule has 6 nitrogen and oxygen atoms in total. The predicted octanol–water partition coefficient (Wildman–Crippen LogP) is 6.38. The smallest absolute Gasteiger partial charge is 0.329 e. The Balaban J connectivity index is 1.87. The number of rotatable bonds is 8. The highest BCUT2D eigenvalue weighted by Crippen LogP contribution is 2.30.